The molecule has 68 heavy (non-hydrogen) atoms. The lowest BCUT2D eigenvalue weighted by molar-refractivity contribution is 0.674. The van der Waals surface area contributed by atoms with E-state index in [2.05, 4.69) is 198 Å². The monoisotopic (exact) mass is 863 g/mol. The van der Waals surface area contributed by atoms with E-state index in [1.165, 1.54) is 82.4 Å². The summed E-state index contributed by atoms with van der Waals surface area (Å²) in [5.41, 5.74) is 25.4. The molecule has 312 valence electrons. The number of benzene rings is 8. The van der Waals surface area contributed by atoms with E-state index in [-0.39, 0.29) is 0 Å². The highest BCUT2D eigenvalue weighted by molar-refractivity contribution is 6.65. The van der Waals surface area contributed by atoms with E-state index < -0.39 is 0 Å². The van der Waals surface area contributed by atoms with Crippen LogP contribution < -0.4 is 54.6 Å². The number of aromatic nitrogens is 5. The van der Waals surface area contributed by atoms with Crippen molar-refractivity contribution in [2.75, 3.05) is 0 Å². The minimum atomic E-state index is 0.571. The third kappa shape index (κ3) is 5.88. The maximum atomic E-state index is 7.31. The van der Waals surface area contributed by atoms with Gasteiger partial charge in [0.25, 0.3) is 0 Å². The summed E-state index contributed by atoms with van der Waals surface area (Å²) in [7, 11) is 22.6. The number of furan rings is 1. The molecule has 0 unspecified atom stereocenters. The van der Waals surface area contributed by atoms with Gasteiger partial charge in [0.1, 0.15) is 89.6 Å². The highest BCUT2D eigenvalue weighted by Gasteiger charge is 2.29. The number of fused-ring (bicyclic) bond motifs is 9. The Kier molecular flexibility index (Phi) is 9.57. The van der Waals surface area contributed by atoms with Crippen LogP contribution in [0.5, 0.6) is 0 Å². The molecular formula is C52H43B10N5O. The van der Waals surface area contributed by atoms with Crippen LogP contribution >= 0.6 is 0 Å². The van der Waals surface area contributed by atoms with Crippen molar-refractivity contribution in [3.63, 3.8) is 0 Å². The van der Waals surface area contributed by atoms with Crippen LogP contribution in [0.3, 0.4) is 0 Å². The Labute approximate surface area is 404 Å². The second-order valence-corrected chi connectivity index (χ2v) is 19.2. The van der Waals surface area contributed by atoms with Gasteiger partial charge in [0.05, 0.1) is 11.0 Å². The van der Waals surface area contributed by atoms with Crippen molar-refractivity contribution in [3.8, 4) is 45.5 Å². The lowest BCUT2D eigenvalue weighted by atomic mass is 9.67. The van der Waals surface area contributed by atoms with Crippen LogP contribution in [0, 0.1) is 6.92 Å². The molecule has 0 aliphatic heterocycles. The van der Waals surface area contributed by atoms with E-state index in [1.807, 2.05) is 18.2 Å². The van der Waals surface area contributed by atoms with Crippen molar-refractivity contribution in [3.05, 3.63) is 127 Å². The Bertz CT molecular complexity index is 4110. The predicted molar refractivity (Wildman–Crippen MR) is 319 cm³/mol. The van der Waals surface area contributed by atoms with E-state index in [0.29, 0.717) is 17.6 Å². The molecule has 4 aromatic heterocycles. The summed E-state index contributed by atoms with van der Waals surface area (Å²) in [5.74, 6) is 1.79. The van der Waals surface area contributed by atoms with E-state index in [4.69, 9.17) is 19.4 Å². The first-order chi connectivity index (χ1) is 32.8. The number of hydrogen-bond donors (Lipinski definition) is 0. The summed E-state index contributed by atoms with van der Waals surface area (Å²) in [6, 6.07) is 42.8. The van der Waals surface area contributed by atoms with Crippen molar-refractivity contribution in [2.24, 2.45) is 0 Å². The predicted octanol–water partition coefficient (Wildman–Crippen LogP) is -4.14. The summed E-state index contributed by atoms with van der Waals surface area (Å²) < 4.78 is 12.1. The second kappa shape index (κ2) is 15.4. The standard InChI is InChI=1S/C52H43B10N5O/c1-22-39(57)38-35-34(51-63-50(24-14-6-3-7-15-24)64-52(65-51)66-31-18-10-8-16-25(31)26-17-9-11-19-32(26)66)27(53)20-30(56)48(35)68-49(38)44(62)45(22)67-46-29(55)21-28(54)40(58)36(46)37-42(60)41(59)33(43(61)47(37)67)23-12-4-2-5-13-23/h2-21H,53-62H2,1H3. The zero-order chi connectivity index (χ0) is 47.0. The first-order valence-electron chi connectivity index (χ1n) is 23.7. The zero-order valence-electron chi connectivity index (χ0n) is 40.7. The van der Waals surface area contributed by atoms with E-state index >= 15 is 0 Å². The number of nitrogens with zero attached hydrogens (tertiary/aromatic N) is 5. The van der Waals surface area contributed by atoms with Gasteiger partial charge in [-0.1, -0.05) is 153 Å². The van der Waals surface area contributed by atoms with E-state index in [1.54, 1.807) is 0 Å². The molecule has 0 saturated carbocycles. The highest BCUT2D eigenvalue weighted by atomic mass is 16.3. The summed E-state index contributed by atoms with van der Waals surface area (Å²) >= 11 is 0. The average Bonchev–Trinajstić information content (AvgIpc) is 4.03. The third-order valence-corrected chi connectivity index (χ3v) is 15.3. The Morgan fingerprint density at radius 1 is 0.412 bits per heavy atom. The van der Waals surface area contributed by atoms with Crippen molar-refractivity contribution in [1.29, 1.82) is 0 Å². The van der Waals surface area contributed by atoms with Crippen molar-refractivity contribution in [1.82, 2.24) is 24.1 Å². The molecule has 0 aliphatic rings. The molecule has 8 aromatic carbocycles. The van der Waals surface area contributed by atoms with Crippen LogP contribution in [-0.2, 0) is 0 Å². The van der Waals surface area contributed by atoms with Crippen LogP contribution in [0.4, 0.5) is 0 Å². The Balaban J connectivity index is 1.20. The van der Waals surface area contributed by atoms with Crippen molar-refractivity contribution in [2.45, 2.75) is 6.92 Å². The molecule has 0 spiro atoms. The van der Waals surface area contributed by atoms with Gasteiger partial charge >= 0.3 is 0 Å². The molecule has 0 N–H and O–H groups in total. The lowest BCUT2D eigenvalue weighted by Gasteiger charge is -2.22. The molecule has 0 atom stereocenters. The number of para-hydroxylation sites is 2. The van der Waals surface area contributed by atoms with Gasteiger partial charge in [-0.15, -0.1) is 0 Å². The number of rotatable bonds is 5. The van der Waals surface area contributed by atoms with Gasteiger partial charge in [-0.2, -0.15) is 9.97 Å². The fraction of sp³-hybridized carbons (Fsp3) is 0.0192. The van der Waals surface area contributed by atoms with E-state index in [0.717, 1.165) is 71.3 Å². The maximum Gasteiger partial charge on any atom is 0.238 e. The average molecular weight is 862 g/mol. The Hall–Kier alpha value is -7.18. The molecule has 0 fully saturated rings. The molecule has 0 radical (unpaired) electrons. The molecule has 0 saturated heterocycles. The van der Waals surface area contributed by atoms with Gasteiger partial charge in [-0.3, -0.25) is 4.57 Å². The molecule has 4 heterocycles. The first-order valence-corrected chi connectivity index (χ1v) is 23.7. The van der Waals surface area contributed by atoms with Gasteiger partial charge < -0.3 is 8.98 Å². The summed E-state index contributed by atoms with van der Waals surface area (Å²) in [6.07, 6.45) is 0. The molecule has 0 aliphatic carbocycles. The summed E-state index contributed by atoms with van der Waals surface area (Å²) in [5, 5.41) is 7.10. The smallest absolute Gasteiger partial charge is 0.238 e. The Morgan fingerprint density at radius 3 is 1.65 bits per heavy atom. The molecule has 12 aromatic rings. The minimum Gasteiger partial charge on any atom is -0.457 e. The Morgan fingerprint density at radius 2 is 0.985 bits per heavy atom. The van der Waals surface area contributed by atoms with Crippen LogP contribution in [0.25, 0.3) is 111 Å². The topological polar surface area (TPSA) is 61.7 Å². The van der Waals surface area contributed by atoms with Crippen LogP contribution in [0.1, 0.15) is 5.56 Å². The first kappa shape index (κ1) is 42.2. The SMILES string of the molecule is Bc1cc(B)c2oc3c(B)c(-n4c5c(B)cc(B)c(B)c5c5c(B)c(B)c(-c6ccccc6)c(B)c54)c(C)c(B)c3c2c1-c1nc(-c2ccccc2)nc(-n2c3ccccc3c3ccccc32)n1. The van der Waals surface area contributed by atoms with Crippen LogP contribution in [0.2, 0.25) is 0 Å². The van der Waals surface area contributed by atoms with Crippen LogP contribution in [-0.4, -0.2) is 103 Å². The largest absolute Gasteiger partial charge is 0.457 e. The van der Waals surface area contributed by atoms with E-state index in [9.17, 15) is 0 Å². The van der Waals surface area contributed by atoms with Crippen LogP contribution in [0.15, 0.2) is 126 Å². The minimum absolute atomic E-state index is 0.571. The lowest BCUT2D eigenvalue weighted by Crippen LogP contribution is -2.36. The van der Waals surface area contributed by atoms with Gasteiger partial charge in [0, 0.05) is 49.4 Å². The molecular weight excluding hydrogens is 819 g/mol. The molecule has 0 bridgehead atoms. The van der Waals surface area contributed by atoms with Gasteiger partial charge in [-0.05, 0) is 57.4 Å². The molecule has 12 rings (SSSR count). The highest BCUT2D eigenvalue weighted by Crippen LogP contribution is 2.38. The number of hydrogen-bond acceptors (Lipinski definition) is 4. The molecule has 16 heteroatoms. The quantitative estimate of drug-likeness (QED) is 0.165. The van der Waals surface area contributed by atoms with Gasteiger partial charge in [0.2, 0.25) is 5.95 Å². The van der Waals surface area contributed by atoms with Crippen molar-refractivity contribution >= 4 is 199 Å². The third-order valence-electron chi connectivity index (χ3n) is 15.3. The normalized spacial score (nSPS) is 11.9. The zero-order valence-corrected chi connectivity index (χ0v) is 40.7. The molecule has 0 amide bonds. The fourth-order valence-electron chi connectivity index (χ4n) is 11.8. The fourth-order valence-corrected chi connectivity index (χ4v) is 11.8. The molecule has 6 nitrogen and oxygen atoms in total. The summed E-state index contributed by atoms with van der Waals surface area (Å²) in [4.78, 5) is 16.1. The van der Waals surface area contributed by atoms with Gasteiger partial charge in [-0.25, -0.2) is 4.98 Å². The van der Waals surface area contributed by atoms with Gasteiger partial charge in [0.15, 0.2) is 11.6 Å². The van der Waals surface area contributed by atoms with Crippen molar-refractivity contribution < 1.29 is 4.42 Å². The summed E-state index contributed by atoms with van der Waals surface area (Å²) in [6.45, 7) is 2.30. The maximum absolute atomic E-state index is 7.31. The second-order valence-electron chi connectivity index (χ2n) is 19.2.